The molecule has 0 aliphatic carbocycles. The molecule has 0 saturated carbocycles. The van der Waals surface area contributed by atoms with Crippen LogP contribution in [0.4, 0.5) is 0 Å². The van der Waals surface area contributed by atoms with E-state index in [1.54, 1.807) is 10.9 Å². The molecule has 5 heteroatoms. The third kappa shape index (κ3) is 3.32. The average molecular weight is 354 g/mol. The second-order valence-electron chi connectivity index (χ2n) is 6.58. The Hall–Kier alpha value is -2.17. The summed E-state index contributed by atoms with van der Waals surface area (Å²) in [4.78, 5) is 15.0. The third-order valence-electron chi connectivity index (χ3n) is 4.99. The third-order valence-corrected chi connectivity index (χ3v) is 5.36. The maximum absolute atomic E-state index is 12.7. The first-order chi connectivity index (χ1) is 12.2. The van der Waals surface area contributed by atoms with Crippen molar-refractivity contribution in [2.45, 2.75) is 32.0 Å². The van der Waals surface area contributed by atoms with Crippen LogP contribution >= 0.6 is 11.6 Å². The Kier molecular flexibility index (Phi) is 4.55. The van der Waals surface area contributed by atoms with Gasteiger partial charge in [0.05, 0.1) is 18.3 Å². The number of rotatable bonds is 4. The van der Waals surface area contributed by atoms with Crippen LogP contribution in [0.1, 0.15) is 18.4 Å². The van der Waals surface area contributed by atoms with Crippen molar-refractivity contribution >= 4 is 22.4 Å². The Morgan fingerprint density at radius 3 is 2.80 bits per heavy atom. The molecule has 0 amide bonds. The van der Waals surface area contributed by atoms with Crippen molar-refractivity contribution in [1.29, 1.82) is 0 Å². The highest BCUT2D eigenvalue weighted by Gasteiger charge is 2.26. The summed E-state index contributed by atoms with van der Waals surface area (Å²) in [5, 5.41) is 6.79. The van der Waals surface area contributed by atoms with E-state index in [1.807, 2.05) is 42.5 Å². The normalized spacial score (nSPS) is 18.0. The fourth-order valence-corrected chi connectivity index (χ4v) is 3.84. The van der Waals surface area contributed by atoms with Gasteiger partial charge in [0, 0.05) is 23.0 Å². The van der Waals surface area contributed by atoms with Gasteiger partial charge in [0.15, 0.2) is 0 Å². The minimum Gasteiger partial charge on any atom is -0.281 e. The number of fused-ring (bicyclic) bond motifs is 1. The lowest BCUT2D eigenvalue weighted by atomic mass is 10.0. The van der Waals surface area contributed by atoms with E-state index in [9.17, 15) is 4.79 Å². The number of nitrogens with zero attached hydrogens (tertiary/aromatic N) is 3. The number of benzene rings is 2. The van der Waals surface area contributed by atoms with E-state index >= 15 is 0 Å². The van der Waals surface area contributed by atoms with Gasteiger partial charge in [0.1, 0.15) is 0 Å². The fourth-order valence-electron chi connectivity index (χ4n) is 3.63. The maximum atomic E-state index is 12.7. The summed E-state index contributed by atoms with van der Waals surface area (Å²) in [5.74, 6) is 0. The molecule has 4 rings (SSSR count). The maximum Gasteiger partial charge on any atom is 0.275 e. The Morgan fingerprint density at radius 2 is 1.92 bits per heavy atom. The van der Waals surface area contributed by atoms with Crippen molar-refractivity contribution in [2.75, 3.05) is 6.54 Å². The molecule has 1 unspecified atom stereocenters. The summed E-state index contributed by atoms with van der Waals surface area (Å²) < 4.78 is 1.58. The van der Waals surface area contributed by atoms with Crippen LogP contribution in [-0.2, 0) is 13.1 Å². The molecule has 1 aliphatic heterocycles. The Balaban J connectivity index is 1.57. The van der Waals surface area contributed by atoms with Gasteiger partial charge in [-0.1, -0.05) is 48.0 Å². The van der Waals surface area contributed by atoms with Crippen LogP contribution in [0.3, 0.4) is 0 Å². The zero-order chi connectivity index (χ0) is 17.2. The Morgan fingerprint density at radius 1 is 1.12 bits per heavy atom. The SMILES string of the molecule is O=c1c2ccccc2cnn1CN1CCCC1Cc1ccccc1Cl. The van der Waals surface area contributed by atoms with Crippen LogP contribution in [0.2, 0.25) is 5.02 Å². The van der Waals surface area contributed by atoms with E-state index in [2.05, 4.69) is 16.1 Å². The smallest absolute Gasteiger partial charge is 0.275 e. The number of likely N-dealkylation sites (tertiary alicyclic amines) is 1. The van der Waals surface area contributed by atoms with E-state index in [4.69, 9.17) is 11.6 Å². The van der Waals surface area contributed by atoms with Crippen LogP contribution in [0.15, 0.2) is 59.5 Å². The summed E-state index contributed by atoms with van der Waals surface area (Å²) in [5.41, 5.74) is 1.14. The van der Waals surface area contributed by atoms with Crippen molar-refractivity contribution in [3.63, 3.8) is 0 Å². The fraction of sp³-hybridized carbons (Fsp3) is 0.300. The zero-order valence-electron chi connectivity index (χ0n) is 13.9. The number of hydrogen-bond donors (Lipinski definition) is 0. The van der Waals surface area contributed by atoms with E-state index in [0.717, 1.165) is 41.6 Å². The second-order valence-corrected chi connectivity index (χ2v) is 6.99. The molecule has 1 atom stereocenters. The highest BCUT2D eigenvalue weighted by Crippen LogP contribution is 2.25. The monoisotopic (exact) mass is 353 g/mol. The molecule has 1 fully saturated rings. The Labute approximate surface area is 151 Å². The van der Waals surface area contributed by atoms with E-state index < -0.39 is 0 Å². The topological polar surface area (TPSA) is 38.1 Å². The molecular weight excluding hydrogens is 334 g/mol. The highest BCUT2D eigenvalue weighted by molar-refractivity contribution is 6.31. The minimum atomic E-state index is -0.0264. The molecule has 2 aromatic carbocycles. The minimum absolute atomic E-state index is 0.0264. The summed E-state index contributed by atoms with van der Waals surface area (Å²) in [6.07, 6.45) is 4.93. The molecule has 128 valence electrons. The van der Waals surface area contributed by atoms with Crippen molar-refractivity contribution in [3.05, 3.63) is 75.7 Å². The molecule has 1 aliphatic rings. The van der Waals surface area contributed by atoms with Crippen LogP contribution in [-0.4, -0.2) is 27.3 Å². The van der Waals surface area contributed by atoms with Crippen LogP contribution < -0.4 is 5.56 Å². The molecule has 2 heterocycles. The standard InChI is InChI=1S/C20H20ClN3O/c21-19-10-4-2-6-15(19)12-17-8-5-11-23(17)14-24-20(25)18-9-3-1-7-16(18)13-22-24/h1-4,6-7,9-10,13,17H,5,8,11-12,14H2. The quantitative estimate of drug-likeness (QED) is 0.717. The van der Waals surface area contributed by atoms with Gasteiger partial charge < -0.3 is 0 Å². The predicted octanol–water partition coefficient (Wildman–Crippen LogP) is 3.71. The van der Waals surface area contributed by atoms with Crippen LogP contribution in [0.25, 0.3) is 10.8 Å². The molecule has 1 aromatic heterocycles. The number of hydrogen-bond acceptors (Lipinski definition) is 3. The summed E-state index contributed by atoms with van der Waals surface area (Å²) >= 11 is 6.32. The van der Waals surface area contributed by atoms with Crippen molar-refractivity contribution in [1.82, 2.24) is 14.7 Å². The summed E-state index contributed by atoms with van der Waals surface area (Å²) in [6, 6.07) is 16.0. The van der Waals surface area contributed by atoms with Gasteiger partial charge in [-0.05, 0) is 37.0 Å². The van der Waals surface area contributed by atoms with Crippen LogP contribution in [0.5, 0.6) is 0 Å². The van der Waals surface area contributed by atoms with Gasteiger partial charge in [-0.2, -0.15) is 5.10 Å². The predicted molar refractivity (Wildman–Crippen MR) is 101 cm³/mol. The van der Waals surface area contributed by atoms with Gasteiger partial charge in [-0.15, -0.1) is 0 Å². The zero-order valence-corrected chi connectivity index (χ0v) is 14.7. The van der Waals surface area contributed by atoms with Gasteiger partial charge in [0.25, 0.3) is 5.56 Å². The van der Waals surface area contributed by atoms with Crippen LogP contribution in [0, 0.1) is 0 Å². The van der Waals surface area contributed by atoms with E-state index in [1.165, 1.54) is 5.56 Å². The lowest BCUT2D eigenvalue weighted by molar-refractivity contribution is 0.185. The lowest BCUT2D eigenvalue weighted by Gasteiger charge is -2.25. The molecule has 0 bridgehead atoms. The first-order valence-corrected chi connectivity index (χ1v) is 9.02. The Bertz CT molecular complexity index is 953. The molecule has 3 aromatic rings. The first-order valence-electron chi connectivity index (χ1n) is 8.65. The lowest BCUT2D eigenvalue weighted by Crippen LogP contribution is -2.37. The van der Waals surface area contributed by atoms with Crippen molar-refractivity contribution in [2.24, 2.45) is 0 Å². The molecule has 1 saturated heterocycles. The first kappa shape index (κ1) is 16.3. The van der Waals surface area contributed by atoms with Gasteiger partial charge in [-0.25, -0.2) is 4.68 Å². The molecule has 0 radical (unpaired) electrons. The van der Waals surface area contributed by atoms with E-state index in [0.29, 0.717) is 12.7 Å². The number of aromatic nitrogens is 2. The molecule has 25 heavy (non-hydrogen) atoms. The summed E-state index contributed by atoms with van der Waals surface area (Å²) in [7, 11) is 0. The second kappa shape index (κ2) is 6.98. The van der Waals surface area contributed by atoms with Gasteiger partial charge in [-0.3, -0.25) is 9.69 Å². The highest BCUT2D eigenvalue weighted by atomic mass is 35.5. The summed E-state index contributed by atoms with van der Waals surface area (Å²) in [6.45, 7) is 1.51. The van der Waals surface area contributed by atoms with Gasteiger partial charge >= 0.3 is 0 Å². The molecular formula is C20H20ClN3O. The molecule has 0 N–H and O–H groups in total. The van der Waals surface area contributed by atoms with Crippen molar-refractivity contribution < 1.29 is 0 Å². The molecule has 4 nitrogen and oxygen atoms in total. The van der Waals surface area contributed by atoms with E-state index in [-0.39, 0.29) is 5.56 Å². The molecule has 0 spiro atoms. The average Bonchev–Trinajstić information content (AvgIpc) is 3.06. The number of halogens is 1. The largest absolute Gasteiger partial charge is 0.281 e. The van der Waals surface area contributed by atoms with Gasteiger partial charge in [0.2, 0.25) is 0 Å². The van der Waals surface area contributed by atoms with Crippen molar-refractivity contribution in [3.8, 4) is 0 Å².